The number of methoxy groups -OCH3 is 1. The largest absolute Gasteiger partial charge is 0.495 e. The van der Waals surface area contributed by atoms with Gasteiger partial charge in [0.1, 0.15) is 29.4 Å². The molecule has 140 valence electrons. The number of halogens is 1. The van der Waals surface area contributed by atoms with Crippen LogP contribution < -0.4 is 9.47 Å². The summed E-state index contributed by atoms with van der Waals surface area (Å²) in [5.74, 6) is 0.409. The standard InChI is InChI=1S/C19H14FN5O3/c1-27-14-3-2-13(22-9-14)5-18(26)17-6-16(10-25-11-23-24-19(17)25)28-15-4-12(20)7-21-8-15/h2-4,6-11H,5H2,1H3. The summed E-state index contributed by atoms with van der Waals surface area (Å²) in [4.78, 5) is 20.8. The lowest BCUT2D eigenvalue weighted by molar-refractivity contribution is 0.0992. The van der Waals surface area contributed by atoms with Gasteiger partial charge in [0.05, 0.1) is 43.9 Å². The van der Waals surface area contributed by atoms with Crippen molar-refractivity contribution in [1.82, 2.24) is 24.6 Å². The Kier molecular flexibility index (Phi) is 4.63. The average molecular weight is 379 g/mol. The number of hydrogen-bond donors (Lipinski definition) is 0. The highest BCUT2D eigenvalue weighted by Gasteiger charge is 2.16. The number of pyridine rings is 3. The summed E-state index contributed by atoms with van der Waals surface area (Å²) in [7, 11) is 1.55. The smallest absolute Gasteiger partial charge is 0.172 e. The minimum Gasteiger partial charge on any atom is -0.495 e. The van der Waals surface area contributed by atoms with Crippen LogP contribution in [0.3, 0.4) is 0 Å². The molecule has 0 aliphatic rings. The van der Waals surface area contributed by atoms with E-state index in [-0.39, 0.29) is 18.0 Å². The summed E-state index contributed by atoms with van der Waals surface area (Å²) in [6, 6.07) is 6.20. The number of hydrogen-bond acceptors (Lipinski definition) is 7. The van der Waals surface area contributed by atoms with Gasteiger partial charge in [-0.05, 0) is 18.2 Å². The Morgan fingerprint density at radius 2 is 2.04 bits per heavy atom. The van der Waals surface area contributed by atoms with E-state index in [1.165, 1.54) is 18.6 Å². The highest BCUT2D eigenvalue weighted by Crippen LogP contribution is 2.25. The van der Waals surface area contributed by atoms with E-state index in [9.17, 15) is 9.18 Å². The lowest BCUT2D eigenvalue weighted by Crippen LogP contribution is -2.08. The van der Waals surface area contributed by atoms with Crippen LogP contribution in [0, 0.1) is 5.82 Å². The van der Waals surface area contributed by atoms with Gasteiger partial charge in [-0.25, -0.2) is 4.39 Å². The number of rotatable bonds is 6. The number of ether oxygens (including phenoxy) is 2. The molecule has 0 spiro atoms. The molecule has 0 atom stereocenters. The van der Waals surface area contributed by atoms with Gasteiger partial charge in [0.25, 0.3) is 0 Å². The summed E-state index contributed by atoms with van der Waals surface area (Å²) in [5.41, 5.74) is 1.30. The van der Waals surface area contributed by atoms with Crippen molar-refractivity contribution in [3.05, 3.63) is 72.5 Å². The number of ketones is 1. The minimum absolute atomic E-state index is 0.0670. The highest BCUT2D eigenvalue weighted by molar-refractivity contribution is 6.02. The maximum Gasteiger partial charge on any atom is 0.172 e. The van der Waals surface area contributed by atoms with Gasteiger partial charge < -0.3 is 9.47 Å². The second-order valence-electron chi connectivity index (χ2n) is 5.88. The lowest BCUT2D eigenvalue weighted by atomic mass is 10.1. The van der Waals surface area contributed by atoms with E-state index in [2.05, 4.69) is 20.2 Å². The molecule has 9 heteroatoms. The van der Waals surface area contributed by atoms with Crippen LogP contribution >= 0.6 is 0 Å². The molecule has 28 heavy (non-hydrogen) atoms. The number of nitrogens with zero attached hydrogens (tertiary/aromatic N) is 5. The van der Waals surface area contributed by atoms with Gasteiger partial charge in [-0.3, -0.25) is 19.2 Å². The van der Waals surface area contributed by atoms with Crippen molar-refractivity contribution in [3.63, 3.8) is 0 Å². The third-order valence-electron chi connectivity index (χ3n) is 3.96. The Labute approximate surface area is 158 Å². The zero-order valence-electron chi connectivity index (χ0n) is 14.7. The predicted octanol–water partition coefficient (Wildman–Crippen LogP) is 2.88. The summed E-state index contributed by atoms with van der Waals surface area (Å²) in [6.45, 7) is 0. The van der Waals surface area contributed by atoms with Crippen molar-refractivity contribution in [2.45, 2.75) is 6.42 Å². The number of aromatic nitrogens is 5. The van der Waals surface area contributed by atoms with E-state index in [1.54, 1.807) is 42.1 Å². The molecule has 0 aliphatic carbocycles. The predicted molar refractivity (Wildman–Crippen MR) is 96.1 cm³/mol. The first kappa shape index (κ1) is 17.5. The molecular weight excluding hydrogens is 365 g/mol. The second-order valence-corrected chi connectivity index (χ2v) is 5.88. The fourth-order valence-corrected chi connectivity index (χ4v) is 2.65. The van der Waals surface area contributed by atoms with Crippen molar-refractivity contribution in [2.75, 3.05) is 7.11 Å². The molecule has 4 rings (SSSR count). The SMILES string of the molecule is COc1ccc(CC(=O)c2cc(Oc3cncc(F)c3)cn3cnnc23)nc1. The monoisotopic (exact) mass is 379 g/mol. The van der Waals surface area contributed by atoms with E-state index < -0.39 is 5.82 Å². The second kappa shape index (κ2) is 7.39. The molecule has 4 aromatic rings. The Morgan fingerprint density at radius 3 is 2.79 bits per heavy atom. The first-order valence-electron chi connectivity index (χ1n) is 8.26. The third-order valence-corrected chi connectivity index (χ3v) is 3.96. The first-order valence-corrected chi connectivity index (χ1v) is 8.26. The van der Waals surface area contributed by atoms with E-state index in [4.69, 9.17) is 9.47 Å². The Bertz CT molecular complexity index is 1140. The zero-order chi connectivity index (χ0) is 19.5. The van der Waals surface area contributed by atoms with Crippen molar-refractivity contribution in [3.8, 4) is 17.2 Å². The molecule has 4 aromatic heterocycles. The Balaban J connectivity index is 1.65. The van der Waals surface area contributed by atoms with Gasteiger partial charge in [-0.15, -0.1) is 10.2 Å². The van der Waals surface area contributed by atoms with Crippen molar-refractivity contribution < 1.29 is 18.7 Å². The number of carbonyl (C=O) groups is 1. The Morgan fingerprint density at radius 1 is 1.14 bits per heavy atom. The van der Waals surface area contributed by atoms with Gasteiger partial charge >= 0.3 is 0 Å². The summed E-state index contributed by atoms with van der Waals surface area (Å²) in [5, 5.41) is 7.83. The maximum absolute atomic E-state index is 13.3. The molecule has 8 nitrogen and oxygen atoms in total. The molecular formula is C19H14FN5O3. The topological polar surface area (TPSA) is 91.5 Å². The van der Waals surface area contributed by atoms with E-state index >= 15 is 0 Å². The number of fused-ring (bicyclic) bond motifs is 1. The van der Waals surface area contributed by atoms with Crippen molar-refractivity contribution >= 4 is 11.4 Å². The third kappa shape index (κ3) is 3.63. The van der Waals surface area contributed by atoms with E-state index in [1.807, 2.05) is 0 Å². The Hall–Kier alpha value is -3.88. The molecule has 0 saturated carbocycles. The fourth-order valence-electron chi connectivity index (χ4n) is 2.65. The summed E-state index contributed by atoms with van der Waals surface area (Å²) >= 11 is 0. The fraction of sp³-hybridized carbons (Fsp3) is 0.105. The molecule has 0 aliphatic heterocycles. The van der Waals surface area contributed by atoms with Crippen LogP contribution in [-0.2, 0) is 6.42 Å². The molecule has 0 amide bonds. The summed E-state index contributed by atoms with van der Waals surface area (Å²) < 4.78 is 25.6. The molecule has 0 fully saturated rings. The first-order chi connectivity index (χ1) is 13.6. The van der Waals surface area contributed by atoms with E-state index in [0.717, 1.165) is 6.20 Å². The number of carbonyl (C=O) groups excluding carboxylic acids is 1. The van der Waals surface area contributed by atoms with Crippen LogP contribution in [-0.4, -0.2) is 37.5 Å². The van der Waals surface area contributed by atoms with Crippen LogP contribution in [0.5, 0.6) is 17.2 Å². The lowest BCUT2D eigenvalue weighted by Gasteiger charge is -2.09. The van der Waals surface area contributed by atoms with Crippen molar-refractivity contribution in [1.29, 1.82) is 0 Å². The van der Waals surface area contributed by atoms with E-state index in [0.29, 0.717) is 28.4 Å². The molecule has 0 radical (unpaired) electrons. The molecule has 4 heterocycles. The van der Waals surface area contributed by atoms with Crippen molar-refractivity contribution in [2.24, 2.45) is 0 Å². The number of Topliss-reactive ketones (excluding diaryl/α,β-unsaturated/α-hetero) is 1. The van der Waals surface area contributed by atoms with Gasteiger partial charge in [-0.1, -0.05) is 0 Å². The van der Waals surface area contributed by atoms with Gasteiger partial charge in [0.15, 0.2) is 11.4 Å². The molecule has 0 N–H and O–H groups in total. The highest BCUT2D eigenvalue weighted by atomic mass is 19.1. The molecule has 0 aromatic carbocycles. The van der Waals surface area contributed by atoms with Gasteiger partial charge in [0, 0.05) is 11.8 Å². The van der Waals surface area contributed by atoms with Crippen LogP contribution in [0.15, 0.2) is 55.4 Å². The quantitative estimate of drug-likeness (QED) is 0.476. The van der Waals surface area contributed by atoms with Crippen LogP contribution in [0.4, 0.5) is 4.39 Å². The zero-order valence-corrected chi connectivity index (χ0v) is 14.7. The average Bonchev–Trinajstić information content (AvgIpc) is 3.16. The molecule has 0 unspecified atom stereocenters. The van der Waals surface area contributed by atoms with Crippen LogP contribution in [0.25, 0.3) is 5.65 Å². The minimum atomic E-state index is -0.523. The molecule has 0 saturated heterocycles. The maximum atomic E-state index is 13.3. The van der Waals surface area contributed by atoms with Crippen LogP contribution in [0.1, 0.15) is 16.1 Å². The normalized spacial score (nSPS) is 10.8. The molecule has 0 bridgehead atoms. The van der Waals surface area contributed by atoms with Gasteiger partial charge in [0.2, 0.25) is 0 Å². The van der Waals surface area contributed by atoms with Crippen LogP contribution in [0.2, 0.25) is 0 Å². The summed E-state index contributed by atoms with van der Waals surface area (Å²) in [6.07, 6.45) is 7.12. The van der Waals surface area contributed by atoms with Gasteiger partial charge in [-0.2, -0.15) is 0 Å².